The smallest absolute Gasteiger partial charge is 0.407 e. The molecule has 34 heavy (non-hydrogen) atoms. The number of amides is 2. The van der Waals surface area contributed by atoms with Gasteiger partial charge in [-0.15, -0.1) is 0 Å². The van der Waals surface area contributed by atoms with Crippen LogP contribution in [-0.2, 0) is 19.1 Å². The van der Waals surface area contributed by atoms with E-state index in [-0.39, 0.29) is 24.5 Å². The summed E-state index contributed by atoms with van der Waals surface area (Å²) in [6.45, 7) is 3.25. The normalized spacial score (nSPS) is 17.2. The molecule has 0 bridgehead atoms. The van der Waals surface area contributed by atoms with Gasteiger partial charge in [-0.05, 0) is 47.9 Å². The van der Waals surface area contributed by atoms with Gasteiger partial charge in [0.2, 0.25) is 5.91 Å². The van der Waals surface area contributed by atoms with Gasteiger partial charge in [0, 0.05) is 25.2 Å². The number of carbonyl (C=O) groups excluding carboxylic acids is 2. The Hall–Kier alpha value is -3.39. The summed E-state index contributed by atoms with van der Waals surface area (Å²) in [6, 6.07) is 14.6. The number of rotatable bonds is 8. The third kappa shape index (κ3) is 5.39. The minimum absolute atomic E-state index is 0.0831. The fourth-order valence-corrected chi connectivity index (χ4v) is 4.82. The number of fused-ring (bicyclic) bond motifs is 3. The molecule has 0 aromatic heterocycles. The number of hydrogen-bond donors (Lipinski definition) is 3. The van der Waals surface area contributed by atoms with Crippen LogP contribution in [0.3, 0.4) is 0 Å². The number of nitrogens with one attached hydrogen (secondary N) is 2. The fourth-order valence-electron chi connectivity index (χ4n) is 4.82. The van der Waals surface area contributed by atoms with E-state index in [1.807, 2.05) is 55.5 Å². The monoisotopic (exact) mass is 466 g/mol. The third-order valence-electron chi connectivity index (χ3n) is 6.67. The van der Waals surface area contributed by atoms with Crippen LogP contribution in [0.5, 0.6) is 0 Å². The second-order valence-electron chi connectivity index (χ2n) is 8.87. The van der Waals surface area contributed by atoms with Crippen molar-refractivity contribution in [3.05, 3.63) is 59.7 Å². The number of ether oxygens (including phenoxy) is 2. The molecule has 1 aliphatic heterocycles. The van der Waals surface area contributed by atoms with Crippen molar-refractivity contribution in [2.75, 3.05) is 19.8 Å². The Morgan fingerprint density at radius 3 is 2.18 bits per heavy atom. The summed E-state index contributed by atoms with van der Waals surface area (Å²) in [5.74, 6) is -1.59. The molecule has 2 amide bonds. The van der Waals surface area contributed by atoms with Crippen LogP contribution in [0.2, 0.25) is 0 Å². The Bertz CT molecular complexity index is 1000. The van der Waals surface area contributed by atoms with Gasteiger partial charge in [-0.1, -0.05) is 48.5 Å². The summed E-state index contributed by atoms with van der Waals surface area (Å²) in [5.41, 5.74) is 4.36. The number of hydrogen-bond acceptors (Lipinski definition) is 5. The number of benzene rings is 2. The molecule has 8 heteroatoms. The lowest BCUT2D eigenvalue weighted by Crippen LogP contribution is -2.52. The lowest BCUT2D eigenvalue weighted by atomic mass is 9.92. The van der Waals surface area contributed by atoms with Crippen molar-refractivity contribution in [1.82, 2.24) is 10.6 Å². The molecule has 1 aliphatic carbocycles. The van der Waals surface area contributed by atoms with Gasteiger partial charge in [0.05, 0.1) is 6.42 Å². The van der Waals surface area contributed by atoms with Crippen molar-refractivity contribution in [2.45, 2.75) is 44.2 Å². The highest BCUT2D eigenvalue weighted by atomic mass is 16.5. The van der Waals surface area contributed by atoms with Gasteiger partial charge in [-0.25, -0.2) is 4.79 Å². The number of carboxylic acid groups (broad SMARTS) is 1. The molecule has 0 spiro atoms. The lowest BCUT2D eigenvalue weighted by Gasteiger charge is -2.29. The molecule has 1 heterocycles. The molecule has 0 radical (unpaired) electrons. The Labute approximate surface area is 198 Å². The predicted molar refractivity (Wildman–Crippen MR) is 125 cm³/mol. The zero-order valence-corrected chi connectivity index (χ0v) is 19.2. The molecule has 2 aliphatic rings. The van der Waals surface area contributed by atoms with Crippen LogP contribution in [-0.4, -0.2) is 55.0 Å². The second kappa shape index (κ2) is 10.7. The SMILES string of the molecule is CC(NC(=O)C(CC(=O)O)NC(=O)OCC1c2ccccc2-c2ccccc21)C1CCOCC1. The highest BCUT2D eigenvalue weighted by Crippen LogP contribution is 2.44. The summed E-state index contributed by atoms with van der Waals surface area (Å²) in [4.78, 5) is 36.7. The van der Waals surface area contributed by atoms with E-state index in [4.69, 9.17) is 9.47 Å². The number of carboxylic acids is 1. The number of alkyl carbamates (subject to hydrolysis) is 1. The molecule has 2 unspecified atom stereocenters. The van der Waals surface area contributed by atoms with E-state index in [2.05, 4.69) is 10.6 Å². The van der Waals surface area contributed by atoms with Crippen LogP contribution >= 0.6 is 0 Å². The Kier molecular flexibility index (Phi) is 7.47. The molecule has 4 rings (SSSR count). The minimum atomic E-state index is -1.23. The molecule has 3 N–H and O–H groups in total. The van der Waals surface area contributed by atoms with E-state index < -0.39 is 30.4 Å². The Balaban J connectivity index is 1.38. The average molecular weight is 467 g/mol. The first-order valence-corrected chi connectivity index (χ1v) is 11.7. The van der Waals surface area contributed by atoms with Crippen LogP contribution in [0, 0.1) is 5.92 Å². The largest absolute Gasteiger partial charge is 0.481 e. The van der Waals surface area contributed by atoms with Gasteiger partial charge in [0.1, 0.15) is 12.6 Å². The van der Waals surface area contributed by atoms with Gasteiger partial charge in [-0.3, -0.25) is 9.59 Å². The van der Waals surface area contributed by atoms with Crippen LogP contribution in [0.1, 0.15) is 43.2 Å². The van der Waals surface area contributed by atoms with Crippen LogP contribution in [0.4, 0.5) is 4.79 Å². The fraction of sp³-hybridized carbons (Fsp3) is 0.423. The van der Waals surface area contributed by atoms with Gasteiger partial charge < -0.3 is 25.2 Å². The molecule has 0 saturated carbocycles. The second-order valence-corrected chi connectivity index (χ2v) is 8.87. The Morgan fingerprint density at radius 1 is 1.00 bits per heavy atom. The maximum atomic E-state index is 12.8. The van der Waals surface area contributed by atoms with Crippen molar-refractivity contribution < 1.29 is 29.0 Å². The molecule has 8 nitrogen and oxygen atoms in total. The van der Waals surface area contributed by atoms with Gasteiger partial charge in [0.15, 0.2) is 0 Å². The maximum Gasteiger partial charge on any atom is 0.407 e. The summed E-state index contributed by atoms with van der Waals surface area (Å²) in [6.07, 6.45) is 0.300. The van der Waals surface area contributed by atoms with Crippen LogP contribution in [0.25, 0.3) is 11.1 Å². The van der Waals surface area contributed by atoms with E-state index in [1.54, 1.807) is 0 Å². The summed E-state index contributed by atoms with van der Waals surface area (Å²) in [7, 11) is 0. The van der Waals surface area contributed by atoms with Crippen molar-refractivity contribution >= 4 is 18.0 Å². The molecule has 2 aromatic rings. The zero-order valence-electron chi connectivity index (χ0n) is 19.2. The van der Waals surface area contributed by atoms with Gasteiger partial charge in [-0.2, -0.15) is 0 Å². The van der Waals surface area contributed by atoms with Crippen molar-refractivity contribution in [3.8, 4) is 11.1 Å². The summed E-state index contributed by atoms with van der Waals surface area (Å²) < 4.78 is 10.8. The summed E-state index contributed by atoms with van der Waals surface area (Å²) in [5, 5.41) is 14.6. The standard InChI is InChI=1S/C26H30N2O6/c1-16(17-10-12-33-13-11-17)27-25(31)23(14-24(29)30)28-26(32)34-15-22-20-8-4-2-6-18(20)19-7-3-5-9-21(19)22/h2-9,16-17,22-23H,10-15H2,1H3,(H,27,31)(H,28,32)(H,29,30). The van der Waals surface area contributed by atoms with E-state index in [0.717, 1.165) is 35.1 Å². The highest BCUT2D eigenvalue weighted by Gasteiger charge is 2.31. The topological polar surface area (TPSA) is 114 Å². The van der Waals surface area contributed by atoms with E-state index >= 15 is 0 Å². The van der Waals surface area contributed by atoms with E-state index in [9.17, 15) is 19.5 Å². The maximum absolute atomic E-state index is 12.8. The first kappa shape index (κ1) is 23.8. The van der Waals surface area contributed by atoms with Crippen LogP contribution < -0.4 is 10.6 Å². The Morgan fingerprint density at radius 2 is 1.59 bits per heavy atom. The van der Waals surface area contributed by atoms with Crippen molar-refractivity contribution in [1.29, 1.82) is 0 Å². The molecule has 180 valence electrons. The predicted octanol–water partition coefficient (Wildman–Crippen LogP) is 3.30. The molecular weight excluding hydrogens is 436 g/mol. The molecule has 1 saturated heterocycles. The molecular formula is C26H30N2O6. The lowest BCUT2D eigenvalue weighted by molar-refractivity contribution is -0.140. The quantitative estimate of drug-likeness (QED) is 0.550. The summed E-state index contributed by atoms with van der Waals surface area (Å²) >= 11 is 0. The first-order valence-electron chi connectivity index (χ1n) is 11.7. The van der Waals surface area contributed by atoms with Gasteiger partial charge in [0.25, 0.3) is 0 Å². The third-order valence-corrected chi connectivity index (χ3v) is 6.67. The molecule has 2 aromatic carbocycles. The van der Waals surface area contributed by atoms with E-state index in [1.165, 1.54) is 0 Å². The molecule has 2 atom stereocenters. The van der Waals surface area contributed by atoms with Crippen molar-refractivity contribution in [3.63, 3.8) is 0 Å². The first-order chi connectivity index (χ1) is 16.4. The van der Waals surface area contributed by atoms with Crippen LogP contribution in [0.15, 0.2) is 48.5 Å². The number of aliphatic carboxylic acids is 1. The zero-order chi connectivity index (χ0) is 24.1. The average Bonchev–Trinajstić information content (AvgIpc) is 3.16. The number of carbonyl (C=O) groups is 3. The molecule has 1 fully saturated rings. The van der Waals surface area contributed by atoms with E-state index in [0.29, 0.717) is 13.2 Å². The van der Waals surface area contributed by atoms with Crippen molar-refractivity contribution in [2.24, 2.45) is 5.92 Å². The minimum Gasteiger partial charge on any atom is -0.481 e. The van der Waals surface area contributed by atoms with Gasteiger partial charge >= 0.3 is 12.1 Å². The highest BCUT2D eigenvalue weighted by molar-refractivity contribution is 5.89.